The molecule has 29 heavy (non-hydrogen) atoms. The van der Waals surface area contributed by atoms with Crippen molar-refractivity contribution in [1.29, 1.82) is 0 Å². The molecule has 0 heterocycles. The molecule has 14 heteroatoms. The van der Waals surface area contributed by atoms with E-state index in [2.05, 4.69) is 14.8 Å². The molecule has 1 unspecified atom stereocenters. The number of sulfonamides is 2. The van der Waals surface area contributed by atoms with Crippen molar-refractivity contribution in [1.82, 2.24) is 14.8 Å². The molecule has 0 saturated carbocycles. The topological polar surface area (TPSA) is 165 Å². The lowest BCUT2D eigenvalue weighted by molar-refractivity contribution is -0.385. The first-order valence-electron chi connectivity index (χ1n) is 8.53. The molecule has 0 bridgehead atoms. The zero-order valence-electron chi connectivity index (χ0n) is 16.0. The van der Waals surface area contributed by atoms with Crippen molar-refractivity contribution in [2.75, 3.05) is 30.9 Å². The van der Waals surface area contributed by atoms with Crippen molar-refractivity contribution in [3.63, 3.8) is 0 Å². The van der Waals surface area contributed by atoms with Crippen LogP contribution >= 0.6 is 11.8 Å². The number of nitro groups is 1. The third kappa shape index (κ3) is 8.65. The first-order valence-corrected chi connectivity index (χ1v) is 13.1. The van der Waals surface area contributed by atoms with Crippen molar-refractivity contribution in [3.05, 3.63) is 34.4 Å². The molecule has 1 rings (SSSR count). The minimum atomic E-state index is -4.00. The van der Waals surface area contributed by atoms with Gasteiger partial charge in [0.25, 0.3) is 5.69 Å². The molecule has 0 aliphatic carbocycles. The van der Waals surface area contributed by atoms with E-state index in [1.54, 1.807) is 0 Å². The van der Waals surface area contributed by atoms with E-state index < -0.39 is 36.9 Å². The summed E-state index contributed by atoms with van der Waals surface area (Å²) in [6, 6.07) is 3.61. The Labute approximate surface area is 174 Å². The van der Waals surface area contributed by atoms with Crippen LogP contribution in [0.25, 0.3) is 0 Å². The SMILES string of the molecule is CCS(=O)(=O)NC(CCSC)C(=O)NCCNS(=O)(=O)c1cccc([N+](=O)[O-])c1. The Bertz CT molecular complexity index is 920. The second-order valence-electron chi connectivity index (χ2n) is 5.80. The number of hydrogen-bond donors (Lipinski definition) is 3. The van der Waals surface area contributed by atoms with E-state index in [4.69, 9.17) is 0 Å². The van der Waals surface area contributed by atoms with Gasteiger partial charge in [0.05, 0.1) is 15.6 Å². The minimum absolute atomic E-state index is 0.0867. The lowest BCUT2D eigenvalue weighted by atomic mass is 10.2. The number of amides is 1. The summed E-state index contributed by atoms with van der Waals surface area (Å²) >= 11 is 1.46. The number of carbonyl (C=O) groups is 1. The Kier molecular flexibility index (Phi) is 9.98. The van der Waals surface area contributed by atoms with Gasteiger partial charge >= 0.3 is 0 Å². The van der Waals surface area contributed by atoms with E-state index in [1.807, 2.05) is 6.26 Å². The molecule has 0 aromatic heterocycles. The lowest BCUT2D eigenvalue weighted by Crippen LogP contribution is -2.48. The molecule has 1 aromatic rings. The molecule has 0 radical (unpaired) electrons. The molecule has 11 nitrogen and oxygen atoms in total. The van der Waals surface area contributed by atoms with Crippen molar-refractivity contribution < 1.29 is 26.6 Å². The highest BCUT2D eigenvalue weighted by molar-refractivity contribution is 7.98. The summed E-state index contributed by atoms with van der Waals surface area (Å²) in [4.78, 5) is 22.1. The number of nitro benzene ring substituents is 1. The predicted molar refractivity (Wildman–Crippen MR) is 111 cm³/mol. The van der Waals surface area contributed by atoms with Gasteiger partial charge in [-0.3, -0.25) is 14.9 Å². The summed E-state index contributed by atoms with van der Waals surface area (Å²) in [5.41, 5.74) is -0.360. The van der Waals surface area contributed by atoms with Crippen LogP contribution in [0.3, 0.4) is 0 Å². The maximum absolute atomic E-state index is 12.3. The highest BCUT2D eigenvalue weighted by Crippen LogP contribution is 2.16. The van der Waals surface area contributed by atoms with Gasteiger partial charge in [0.15, 0.2) is 0 Å². The van der Waals surface area contributed by atoms with E-state index >= 15 is 0 Å². The van der Waals surface area contributed by atoms with Crippen LogP contribution in [0, 0.1) is 10.1 Å². The minimum Gasteiger partial charge on any atom is -0.353 e. The number of non-ortho nitro benzene ring substituents is 1. The summed E-state index contributed by atoms with van der Waals surface area (Å²) < 4.78 is 52.4. The second kappa shape index (κ2) is 11.4. The van der Waals surface area contributed by atoms with Gasteiger partial charge in [0, 0.05) is 25.2 Å². The smallest absolute Gasteiger partial charge is 0.270 e. The first-order chi connectivity index (χ1) is 13.5. The fraction of sp³-hybridized carbons (Fsp3) is 0.533. The average molecular weight is 469 g/mol. The molecule has 0 aliphatic rings. The first kappa shape index (κ1) is 25.3. The average Bonchev–Trinajstić information content (AvgIpc) is 2.68. The molecule has 1 atom stereocenters. The number of thioether (sulfide) groups is 1. The molecule has 0 saturated heterocycles. The van der Waals surface area contributed by atoms with Crippen molar-refractivity contribution >= 4 is 43.4 Å². The highest BCUT2D eigenvalue weighted by Gasteiger charge is 2.23. The highest BCUT2D eigenvalue weighted by atomic mass is 32.2. The van der Waals surface area contributed by atoms with Crippen LogP contribution in [-0.2, 0) is 24.8 Å². The summed E-state index contributed by atoms with van der Waals surface area (Å²) in [5.74, 6) is -0.173. The van der Waals surface area contributed by atoms with Crippen LogP contribution in [0.2, 0.25) is 0 Å². The van der Waals surface area contributed by atoms with Crippen LogP contribution in [0.1, 0.15) is 13.3 Å². The third-order valence-electron chi connectivity index (χ3n) is 3.68. The van der Waals surface area contributed by atoms with Crippen LogP contribution in [0.15, 0.2) is 29.2 Å². The molecular formula is C15H24N4O7S3. The van der Waals surface area contributed by atoms with Gasteiger partial charge in [-0.1, -0.05) is 6.07 Å². The molecule has 1 aromatic carbocycles. The lowest BCUT2D eigenvalue weighted by Gasteiger charge is -2.17. The number of nitrogens with one attached hydrogen (secondary N) is 3. The summed E-state index contributed by atoms with van der Waals surface area (Å²) in [6.07, 6.45) is 2.11. The normalized spacial score (nSPS) is 13.0. The van der Waals surface area contributed by atoms with E-state index in [0.29, 0.717) is 5.75 Å². The van der Waals surface area contributed by atoms with Crippen LogP contribution in [-0.4, -0.2) is 64.6 Å². The van der Waals surface area contributed by atoms with Gasteiger partial charge in [0.2, 0.25) is 26.0 Å². The number of carbonyl (C=O) groups excluding carboxylic acids is 1. The van der Waals surface area contributed by atoms with Gasteiger partial charge in [-0.25, -0.2) is 26.3 Å². The van der Waals surface area contributed by atoms with Gasteiger partial charge in [-0.05, 0) is 31.4 Å². The number of rotatable bonds is 13. The maximum Gasteiger partial charge on any atom is 0.270 e. The number of benzene rings is 1. The molecule has 164 valence electrons. The maximum atomic E-state index is 12.3. The van der Waals surface area contributed by atoms with E-state index in [9.17, 15) is 31.7 Å². The van der Waals surface area contributed by atoms with Crippen molar-refractivity contribution in [3.8, 4) is 0 Å². The fourth-order valence-corrected chi connectivity index (χ4v) is 4.49. The zero-order chi connectivity index (χ0) is 22.1. The Morgan fingerprint density at radius 1 is 1.24 bits per heavy atom. The van der Waals surface area contributed by atoms with Gasteiger partial charge in [-0.15, -0.1) is 0 Å². The molecule has 1 amide bonds. The quantitative estimate of drug-likeness (QED) is 0.208. The molecular weight excluding hydrogens is 444 g/mol. The molecule has 0 spiro atoms. The predicted octanol–water partition coefficient (Wildman–Crippen LogP) is 0.0503. The Morgan fingerprint density at radius 2 is 1.93 bits per heavy atom. The molecule has 0 aliphatic heterocycles. The standard InChI is InChI=1S/C15H24N4O7S3/c1-3-28(23,24)18-14(7-10-27-2)15(20)16-8-9-17-29(25,26)13-6-4-5-12(11-13)19(21)22/h4-6,11,14,17-18H,3,7-10H2,1-2H3,(H,16,20). The summed E-state index contributed by atoms with van der Waals surface area (Å²) in [6.45, 7) is 1.19. The van der Waals surface area contributed by atoms with Crippen LogP contribution in [0.4, 0.5) is 5.69 Å². The van der Waals surface area contributed by atoms with Crippen molar-refractivity contribution in [2.24, 2.45) is 0 Å². The number of nitrogens with zero attached hydrogens (tertiary/aromatic N) is 1. The van der Waals surface area contributed by atoms with Gasteiger partial charge in [0.1, 0.15) is 6.04 Å². The Balaban J connectivity index is 2.65. The molecule has 3 N–H and O–H groups in total. The second-order valence-corrected chi connectivity index (χ2v) is 10.6. The largest absolute Gasteiger partial charge is 0.353 e. The van der Waals surface area contributed by atoms with Gasteiger partial charge < -0.3 is 5.32 Å². The van der Waals surface area contributed by atoms with E-state index in [0.717, 1.165) is 6.07 Å². The monoisotopic (exact) mass is 468 g/mol. The van der Waals surface area contributed by atoms with Crippen molar-refractivity contribution in [2.45, 2.75) is 24.3 Å². The molecule has 0 fully saturated rings. The Morgan fingerprint density at radius 3 is 2.52 bits per heavy atom. The van der Waals surface area contributed by atoms with Gasteiger partial charge in [-0.2, -0.15) is 11.8 Å². The summed E-state index contributed by atoms with van der Waals surface area (Å²) in [5, 5.41) is 13.2. The third-order valence-corrected chi connectivity index (χ3v) is 7.19. The van der Waals surface area contributed by atoms with E-state index in [1.165, 1.54) is 36.9 Å². The zero-order valence-corrected chi connectivity index (χ0v) is 18.4. The van der Waals surface area contributed by atoms with Crippen LogP contribution < -0.4 is 14.8 Å². The van der Waals surface area contributed by atoms with E-state index in [-0.39, 0.29) is 35.8 Å². The Hall–Kier alpha value is -1.74. The fourth-order valence-electron chi connectivity index (χ4n) is 2.12. The summed E-state index contributed by atoms with van der Waals surface area (Å²) in [7, 11) is -7.58. The van der Waals surface area contributed by atoms with Crippen LogP contribution in [0.5, 0.6) is 0 Å². The number of hydrogen-bond acceptors (Lipinski definition) is 8.